The van der Waals surface area contributed by atoms with Crippen molar-refractivity contribution in [2.75, 3.05) is 6.61 Å². The second-order valence-corrected chi connectivity index (χ2v) is 8.44. The van der Waals surface area contributed by atoms with Crippen molar-refractivity contribution in [3.8, 4) is 6.07 Å². The average Bonchev–Trinajstić information content (AvgIpc) is 2.73. The maximum atomic E-state index is 14.8. The van der Waals surface area contributed by atoms with Crippen molar-refractivity contribution in [1.82, 2.24) is 4.98 Å². The molecular formula is C22H22ClFN4O2S. The number of amidine groups is 1. The monoisotopic (exact) mass is 460 g/mol. The van der Waals surface area contributed by atoms with Crippen molar-refractivity contribution in [1.29, 1.82) is 5.26 Å². The zero-order chi connectivity index (χ0) is 21.9. The van der Waals surface area contributed by atoms with Crippen LogP contribution in [0.25, 0.3) is 0 Å². The number of carbonyl (C=O) groups is 1. The molecule has 1 aromatic carbocycles. The van der Waals surface area contributed by atoms with Crippen LogP contribution in [0.4, 0.5) is 4.39 Å². The molecule has 0 spiro atoms. The van der Waals surface area contributed by atoms with Crippen molar-refractivity contribution in [3.63, 3.8) is 0 Å². The Morgan fingerprint density at radius 1 is 1.39 bits per heavy atom. The molecule has 0 saturated heterocycles. The highest BCUT2D eigenvalue weighted by Gasteiger charge is 2.35. The third kappa shape index (κ3) is 5.50. The Kier molecular flexibility index (Phi) is 7.96. The quantitative estimate of drug-likeness (QED) is 0.655. The molecule has 9 heteroatoms. The average molecular weight is 461 g/mol. The molecule has 0 unspecified atom stereocenters. The third-order valence-electron chi connectivity index (χ3n) is 4.96. The van der Waals surface area contributed by atoms with Crippen LogP contribution < -0.4 is 5.73 Å². The van der Waals surface area contributed by atoms with Gasteiger partial charge in [0.05, 0.1) is 17.7 Å². The molecule has 1 aliphatic heterocycles. The predicted octanol–water partition coefficient (Wildman–Crippen LogP) is 3.87. The number of halogens is 2. The molecule has 1 atom stereocenters. The predicted molar refractivity (Wildman–Crippen MR) is 122 cm³/mol. The summed E-state index contributed by atoms with van der Waals surface area (Å²) in [5.41, 5.74) is 7.39. The molecule has 0 saturated carbocycles. The molecule has 3 rings (SSSR count). The van der Waals surface area contributed by atoms with Crippen LogP contribution in [0, 0.1) is 17.1 Å². The number of nitrogens with two attached hydrogens (primary N) is 1. The van der Waals surface area contributed by atoms with Gasteiger partial charge in [0.1, 0.15) is 17.6 Å². The lowest BCUT2D eigenvalue weighted by Crippen LogP contribution is -2.29. The smallest absolute Gasteiger partial charge is 0.185 e. The van der Waals surface area contributed by atoms with E-state index in [0.29, 0.717) is 28.3 Å². The highest BCUT2D eigenvalue weighted by atomic mass is 35.5. The van der Waals surface area contributed by atoms with Gasteiger partial charge in [-0.2, -0.15) is 5.26 Å². The van der Waals surface area contributed by atoms with Gasteiger partial charge in [0.2, 0.25) is 0 Å². The number of aliphatic imine (C=N–C) groups is 1. The highest BCUT2D eigenvalue weighted by Crippen LogP contribution is 2.43. The second kappa shape index (κ2) is 10.1. The molecule has 0 fully saturated rings. The largest absolute Gasteiger partial charge is 0.392 e. The third-order valence-corrected chi connectivity index (χ3v) is 6.00. The molecule has 0 radical (unpaired) electrons. The molecule has 2 heterocycles. The first-order valence-electron chi connectivity index (χ1n) is 9.26. The minimum Gasteiger partial charge on any atom is -0.392 e. The summed E-state index contributed by atoms with van der Waals surface area (Å²) < 4.78 is 14.8. The Balaban J connectivity index is 0.00000341. The fraction of sp³-hybridized carbons (Fsp3) is 0.273. The second-order valence-electron chi connectivity index (χ2n) is 7.32. The summed E-state index contributed by atoms with van der Waals surface area (Å²) in [4.78, 5) is 21.9. The van der Waals surface area contributed by atoms with E-state index < -0.39 is 11.4 Å². The van der Waals surface area contributed by atoms with Gasteiger partial charge in [0, 0.05) is 24.6 Å². The zero-order valence-electron chi connectivity index (χ0n) is 17.1. The fourth-order valence-electron chi connectivity index (χ4n) is 3.26. The summed E-state index contributed by atoms with van der Waals surface area (Å²) in [5, 5.41) is 18.6. The van der Waals surface area contributed by atoms with E-state index in [9.17, 15) is 14.3 Å². The normalized spacial score (nSPS) is 19.6. The number of Topliss-reactive ketones (excluding diaryl/α,β-unsaturated/α-hetero) is 1. The van der Waals surface area contributed by atoms with Crippen molar-refractivity contribution in [3.05, 3.63) is 75.2 Å². The Labute approximate surface area is 190 Å². The lowest BCUT2D eigenvalue weighted by molar-refractivity contribution is 0.0988. The van der Waals surface area contributed by atoms with E-state index in [4.69, 9.17) is 11.0 Å². The van der Waals surface area contributed by atoms with Gasteiger partial charge in [-0.3, -0.25) is 14.8 Å². The molecule has 0 bridgehead atoms. The minimum absolute atomic E-state index is 0. The number of thioether (sulfide) groups is 1. The summed E-state index contributed by atoms with van der Waals surface area (Å²) in [7, 11) is 0. The van der Waals surface area contributed by atoms with E-state index in [-0.39, 0.29) is 36.9 Å². The van der Waals surface area contributed by atoms with Crippen molar-refractivity contribution < 1.29 is 14.3 Å². The van der Waals surface area contributed by atoms with E-state index >= 15 is 0 Å². The Morgan fingerprint density at radius 3 is 2.74 bits per heavy atom. The standard InChI is InChI=1S/C22H21FN4O2S.ClH/c1-13(12-28)20-9-22(2,27-21(25)30-20)16-7-14(3-5-17(16)23)8-19(29)18-6-4-15(10-24)11-26-18;/h3-7,11,28H,8-9,12H2,1-2H3,(H2,25,27);1H/b20-13-;/t22-;/m0./s1. The summed E-state index contributed by atoms with van der Waals surface area (Å²) in [6.07, 6.45) is 1.78. The summed E-state index contributed by atoms with van der Waals surface area (Å²) in [6, 6.07) is 9.51. The van der Waals surface area contributed by atoms with E-state index in [1.165, 1.54) is 36.2 Å². The highest BCUT2D eigenvalue weighted by molar-refractivity contribution is 8.17. The number of ketones is 1. The number of carbonyl (C=O) groups excluding carboxylic acids is 1. The zero-order valence-corrected chi connectivity index (χ0v) is 18.7. The number of nitrogens with zero attached hydrogens (tertiary/aromatic N) is 3. The van der Waals surface area contributed by atoms with Gasteiger partial charge in [-0.15, -0.1) is 12.4 Å². The van der Waals surface area contributed by atoms with Crippen LogP contribution in [0.15, 0.2) is 52.0 Å². The van der Waals surface area contributed by atoms with Crippen LogP contribution in [-0.2, 0) is 12.0 Å². The van der Waals surface area contributed by atoms with Crippen LogP contribution in [-0.4, -0.2) is 27.6 Å². The van der Waals surface area contributed by atoms with Gasteiger partial charge < -0.3 is 10.8 Å². The van der Waals surface area contributed by atoms with Crippen LogP contribution in [0.5, 0.6) is 0 Å². The first kappa shape index (κ1) is 24.5. The van der Waals surface area contributed by atoms with Gasteiger partial charge in [0.15, 0.2) is 11.0 Å². The summed E-state index contributed by atoms with van der Waals surface area (Å²) >= 11 is 1.28. The molecule has 31 heavy (non-hydrogen) atoms. The maximum Gasteiger partial charge on any atom is 0.185 e. The van der Waals surface area contributed by atoms with Crippen LogP contribution >= 0.6 is 24.2 Å². The maximum absolute atomic E-state index is 14.8. The van der Waals surface area contributed by atoms with Crippen LogP contribution in [0.3, 0.4) is 0 Å². The van der Waals surface area contributed by atoms with Crippen molar-refractivity contribution in [2.45, 2.75) is 32.2 Å². The topological polar surface area (TPSA) is 112 Å². The van der Waals surface area contributed by atoms with Crippen molar-refractivity contribution >= 4 is 35.1 Å². The first-order valence-corrected chi connectivity index (χ1v) is 10.1. The molecule has 0 amide bonds. The lowest BCUT2D eigenvalue weighted by Gasteiger charge is -2.32. The molecule has 6 nitrogen and oxygen atoms in total. The number of aromatic nitrogens is 1. The molecular weight excluding hydrogens is 439 g/mol. The summed E-state index contributed by atoms with van der Waals surface area (Å²) in [5.74, 6) is -0.671. The molecule has 0 aliphatic carbocycles. The number of rotatable bonds is 5. The SMILES string of the molecule is C/C(CO)=C1\C[C@@](C)(c2cc(CC(=O)c3ccc(C#N)cn3)ccc2F)N=C(N)S1.Cl. The van der Waals surface area contributed by atoms with E-state index in [0.717, 1.165) is 10.5 Å². The number of aliphatic hydroxyl groups is 1. The van der Waals surface area contributed by atoms with E-state index in [1.54, 1.807) is 26.0 Å². The molecule has 162 valence electrons. The Morgan fingerprint density at radius 2 is 2.13 bits per heavy atom. The van der Waals surface area contributed by atoms with Gasteiger partial charge in [-0.1, -0.05) is 17.8 Å². The first-order chi connectivity index (χ1) is 14.3. The van der Waals surface area contributed by atoms with Gasteiger partial charge in [-0.25, -0.2) is 4.39 Å². The van der Waals surface area contributed by atoms with E-state index in [1.807, 2.05) is 6.07 Å². The van der Waals surface area contributed by atoms with E-state index in [2.05, 4.69) is 9.98 Å². The fourth-order valence-corrected chi connectivity index (χ4v) is 4.35. The minimum atomic E-state index is -0.947. The summed E-state index contributed by atoms with van der Waals surface area (Å²) in [6.45, 7) is 3.48. The molecule has 3 N–H and O–H groups in total. The molecule has 2 aromatic rings. The number of pyridine rings is 1. The Bertz CT molecular complexity index is 1100. The lowest BCUT2D eigenvalue weighted by atomic mass is 9.86. The van der Waals surface area contributed by atoms with Crippen molar-refractivity contribution in [2.24, 2.45) is 10.7 Å². The molecule has 1 aliphatic rings. The number of hydrogen-bond acceptors (Lipinski definition) is 7. The molecule has 1 aromatic heterocycles. The Hall–Kier alpha value is -2.73. The number of nitriles is 1. The van der Waals surface area contributed by atoms with Crippen LogP contribution in [0.2, 0.25) is 0 Å². The number of hydrogen-bond donors (Lipinski definition) is 2. The van der Waals surface area contributed by atoms with Gasteiger partial charge in [0.25, 0.3) is 0 Å². The number of aliphatic hydroxyl groups excluding tert-OH is 1. The van der Waals surface area contributed by atoms with Crippen LogP contribution in [0.1, 0.15) is 47.4 Å². The number of benzene rings is 1. The van der Waals surface area contributed by atoms with Gasteiger partial charge >= 0.3 is 0 Å². The van der Waals surface area contributed by atoms with Gasteiger partial charge in [-0.05, 0) is 54.2 Å².